The molecule has 4 rings (SSSR count). The molecule has 0 spiro atoms. The molecule has 0 bridgehead atoms. The summed E-state index contributed by atoms with van der Waals surface area (Å²) in [5.41, 5.74) is 0.693. The van der Waals surface area contributed by atoms with Gasteiger partial charge in [-0.2, -0.15) is 0 Å². The minimum Gasteiger partial charge on any atom is -0.444 e. The third kappa shape index (κ3) is 5.84. The summed E-state index contributed by atoms with van der Waals surface area (Å²) in [6.45, 7) is 7.85. The maximum Gasteiger partial charge on any atom is 0.410 e. The molecule has 9 nitrogen and oxygen atoms in total. The van der Waals surface area contributed by atoms with Crippen LogP contribution in [0.1, 0.15) is 39.2 Å². The molecule has 0 unspecified atom stereocenters. The maximum atomic E-state index is 12.5. The third-order valence-electron chi connectivity index (χ3n) is 5.61. The average Bonchev–Trinajstić information content (AvgIpc) is 3.54. The van der Waals surface area contributed by atoms with Crippen molar-refractivity contribution in [3.63, 3.8) is 0 Å². The Morgan fingerprint density at radius 3 is 2.18 bits per heavy atom. The Morgan fingerprint density at radius 1 is 1.03 bits per heavy atom. The van der Waals surface area contributed by atoms with Crippen LogP contribution in [0, 0.1) is 0 Å². The summed E-state index contributed by atoms with van der Waals surface area (Å²) in [6, 6.07) is 7.24. The van der Waals surface area contributed by atoms with Gasteiger partial charge in [-0.15, -0.1) is 0 Å². The summed E-state index contributed by atoms with van der Waals surface area (Å²) < 4.78 is 5.43. The molecular weight excluding hydrogens is 444 g/mol. The van der Waals surface area contributed by atoms with Gasteiger partial charge in [-0.3, -0.25) is 0 Å². The summed E-state index contributed by atoms with van der Waals surface area (Å²) in [5, 5.41) is 6.53. The topological polar surface area (TPSA) is 99.7 Å². The molecule has 10 heteroatoms. The number of nitrogens with one attached hydrogen (secondary N) is 2. The lowest BCUT2D eigenvalue weighted by Crippen LogP contribution is -2.50. The molecule has 1 aromatic heterocycles. The quantitative estimate of drug-likeness (QED) is 0.697. The summed E-state index contributed by atoms with van der Waals surface area (Å²) in [4.78, 5) is 37.2. The first-order valence-corrected chi connectivity index (χ1v) is 11.4. The lowest BCUT2D eigenvalue weighted by Gasteiger charge is -2.35. The van der Waals surface area contributed by atoms with E-state index in [1.165, 1.54) is 0 Å². The Hall–Kier alpha value is -3.07. The second kappa shape index (κ2) is 9.05. The van der Waals surface area contributed by atoms with E-state index in [4.69, 9.17) is 16.3 Å². The van der Waals surface area contributed by atoms with E-state index >= 15 is 0 Å². The Bertz CT molecular complexity index is 994. The first-order valence-electron chi connectivity index (χ1n) is 11.0. The number of rotatable bonds is 4. The predicted octanol–water partition coefficient (Wildman–Crippen LogP) is 4.00. The molecule has 1 saturated carbocycles. The zero-order valence-corrected chi connectivity index (χ0v) is 19.9. The molecule has 0 radical (unpaired) electrons. The number of halogens is 1. The second-order valence-electron chi connectivity index (χ2n) is 9.39. The van der Waals surface area contributed by atoms with E-state index in [1.54, 1.807) is 17.3 Å². The van der Waals surface area contributed by atoms with Crippen LogP contribution in [0.5, 0.6) is 0 Å². The van der Waals surface area contributed by atoms with Gasteiger partial charge in [0, 0.05) is 31.2 Å². The summed E-state index contributed by atoms with van der Waals surface area (Å²) in [6.07, 6.45) is 4.63. The zero-order chi connectivity index (χ0) is 23.6. The molecule has 2 aromatic rings. The molecule has 176 valence electrons. The number of carbonyl (C=O) groups is 2. The number of hydrogen-bond acceptors (Lipinski definition) is 6. The monoisotopic (exact) mass is 472 g/mol. The first kappa shape index (κ1) is 23.1. The third-order valence-corrected chi connectivity index (χ3v) is 5.86. The van der Waals surface area contributed by atoms with Gasteiger partial charge in [-0.25, -0.2) is 19.6 Å². The van der Waals surface area contributed by atoms with Crippen molar-refractivity contribution in [3.05, 3.63) is 47.2 Å². The maximum absolute atomic E-state index is 12.5. The predicted molar refractivity (Wildman–Crippen MR) is 127 cm³/mol. The Kier molecular flexibility index (Phi) is 6.34. The summed E-state index contributed by atoms with van der Waals surface area (Å²) in [7, 11) is 0. The van der Waals surface area contributed by atoms with Gasteiger partial charge < -0.3 is 25.2 Å². The first-order chi connectivity index (χ1) is 15.6. The fourth-order valence-corrected chi connectivity index (χ4v) is 3.85. The fourth-order valence-electron chi connectivity index (χ4n) is 3.72. The fraction of sp³-hybridized carbons (Fsp3) is 0.478. The van der Waals surface area contributed by atoms with Crippen LogP contribution in [0.4, 0.5) is 21.2 Å². The number of nitrogens with zero attached hydrogens (tertiary/aromatic N) is 4. The lowest BCUT2D eigenvalue weighted by atomic mass is 10.1. The Balaban J connectivity index is 1.28. The van der Waals surface area contributed by atoms with Crippen LogP contribution >= 0.6 is 11.6 Å². The highest BCUT2D eigenvalue weighted by Crippen LogP contribution is 2.45. The van der Waals surface area contributed by atoms with Crippen molar-refractivity contribution in [1.29, 1.82) is 0 Å². The molecule has 1 saturated heterocycles. The second-order valence-corrected chi connectivity index (χ2v) is 9.83. The number of hydrogen-bond donors (Lipinski definition) is 2. The van der Waals surface area contributed by atoms with E-state index in [0.29, 0.717) is 42.8 Å². The minimum absolute atomic E-state index is 0.301. The molecule has 3 amide bonds. The van der Waals surface area contributed by atoms with Crippen molar-refractivity contribution in [1.82, 2.24) is 20.2 Å². The highest BCUT2D eigenvalue weighted by molar-refractivity contribution is 6.30. The number of anilines is 2. The van der Waals surface area contributed by atoms with Crippen molar-refractivity contribution in [2.24, 2.45) is 0 Å². The van der Waals surface area contributed by atoms with Crippen LogP contribution in [-0.2, 0) is 10.3 Å². The number of urea groups is 1. The van der Waals surface area contributed by atoms with Gasteiger partial charge in [0.15, 0.2) is 0 Å². The number of carbonyl (C=O) groups excluding carboxylic acids is 2. The van der Waals surface area contributed by atoms with Gasteiger partial charge >= 0.3 is 12.1 Å². The van der Waals surface area contributed by atoms with Crippen LogP contribution in [0.3, 0.4) is 0 Å². The smallest absolute Gasteiger partial charge is 0.410 e. The van der Waals surface area contributed by atoms with Crippen LogP contribution in [0.25, 0.3) is 0 Å². The van der Waals surface area contributed by atoms with Gasteiger partial charge in [0.1, 0.15) is 5.60 Å². The normalized spacial score (nSPS) is 17.3. The van der Waals surface area contributed by atoms with Crippen molar-refractivity contribution >= 4 is 35.4 Å². The van der Waals surface area contributed by atoms with Gasteiger partial charge in [0.05, 0.1) is 23.6 Å². The standard InChI is InChI=1S/C23H29ClN6O3/c1-22(2,3)33-21(32)30-12-10-29(11-13-30)19-25-14-18(15-26-19)27-20(31)28-23(8-9-23)16-4-6-17(24)7-5-16/h4-7,14-15H,8-13H2,1-3H3,(H2,27,28,31). The minimum atomic E-state index is -0.513. The molecule has 1 aromatic carbocycles. The van der Waals surface area contributed by atoms with Crippen LogP contribution < -0.4 is 15.5 Å². The average molecular weight is 473 g/mol. The lowest BCUT2D eigenvalue weighted by molar-refractivity contribution is 0.0240. The van der Waals surface area contributed by atoms with E-state index in [2.05, 4.69) is 20.6 Å². The van der Waals surface area contributed by atoms with Crippen LogP contribution in [0.2, 0.25) is 5.02 Å². The van der Waals surface area contributed by atoms with E-state index in [9.17, 15) is 9.59 Å². The highest BCUT2D eigenvalue weighted by Gasteiger charge is 2.45. The van der Waals surface area contributed by atoms with E-state index in [1.807, 2.05) is 49.9 Å². The van der Waals surface area contributed by atoms with Crippen molar-refractivity contribution in [2.45, 2.75) is 44.8 Å². The van der Waals surface area contributed by atoms with E-state index in [0.717, 1.165) is 18.4 Å². The van der Waals surface area contributed by atoms with Gasteiger partial charge in [-0.05, 0) is 51.3 Å². The van der Waals surface area contributed by atoms with E-state index < -0.39 is 5.60 Å². The highest BCUT2D eigenvalue weighted by atomic mass is 35.5. The molecule has 33 heavy (non-hydrogen) atoms. The number of ether oxygens (including phenoxy) is 1. The van der Waals surface area contributed by atoms with Crippen molar-refractivity contribution in [2.75, 3.05) is 36.4 Å². The molecule has 1 aliphatic heterocycles. The van der Waals surface area contributed by atoms with E-state index in [-0.39, 0.29) is 17.7 Å². The summed E-state index contributed by atoms with van der Waals surface area (Å²) >= 11 is 5.97. The number of piperazine rings is 1. The van der Waals surface area contributed by atoms with Gasteiger partial charge in [-0.1, -0.05) is 23.7 Å². The SMILES string of the molecule is CC(C)(C)OC(=O)N1CCN(c2ncc(NC(=O)NC3(c4ccc(Cl)cc4)CC3)cn2)CC1. The van der Waals surface area contributed by atoms with Gasteiger partial charge in [0.2, 0.25) is 5.95 Å². The van der Waals surface area contributed by atoms with Crippen LogP contribution in [-0.4, -0.2) is 58.8 Å². The molecular formula is C23H29ClN6O3. The van der Waals surface area contributed by atoms with Crippen LogP contribution in [0.15, 0.2) is 36.7 Å². The van der Waals surface area contributed by atoms with Crippen molar-refractivity contribution in [3.8, 4) is 0 Å². The largest absolute Gasteiger partial charge is 0.444 e. The molecule has 2 aliphatic rings. The number of aromatic nitrogens is 2. The molecule has 2 heterocycles. The van der Waals surface area contributed by atoms with Gasteiger partial charge in [0.25, 0.3) is 0 Å². The summed E-state index contributed by atoms with van der Waals surface area (Å²) in [5.74, 6) is 0.560. The molecule has 2 fully saturated rings. The van der Waals surface area contributed by atoms with Crippen molar-refractivity contribution < 1.29 is 14.3 Å². The molecule has 1 aliphatic carbocycles. The molecule has 0 atom stereocenters. The number of amides is 3. The number of benzene rings is 1. The zero-order valence-electron chi connectivity index (χ0n) is 19.1. The Labute approximate surface area is 198 Å². The Morgan fingerprint density at radius 2 is 1.64 bits per heavy atom. The molecule has 2 N–H and O–H groups in total.